The first-order valence-electron chi connectivity index (χ1n) is 2.46. The predicted molar refractivity (Wildman–Crippen MR) is 26.9 cm³/mol. The van der Waals surface area contributed by atoms with Crippen LogP contribution in [0.5, 0.6) is 0 Å². The quantitative estimate of drug-likeness (QED) is 0.432. The van der Waals surface area contributed by atoms with Crippen molar-refractivity contribution in [3.63, 3.8) is 0 Å². The van der Waals surface area contributed by atoms with Gasteiger partial charge in [-0.05, 0) is 6.42 Å². The Hall–Kier alpha value is -0.610. The molecule has 46 valence electrons. The number of nitrogens with two attached hydrogens (primary N) is 1. The number of hydrazine groups is 1. The molecule has 0 radical (unpaired) electrons. The van der Waals surface area contributed by atoms with Gasteiger partial charge in [0.15, 0.2) is 0 Å². The van der Waals surface area contributed by atoms with Crippen molar-refractivity contribution in [2.24, 2.45) is 5.84 Å². The van der Waals surface area contributed by atoms with Crippen LogP contribution in [0.4, 0.5) is 0 Å². The van der Waals surface area contributed by atoms with Gasteiger partial charge in [-0.2, -0.15) is 0 Å². The Bertz CT molecular complexity index is 115. The van der Waals surface area contributed by atoms with Gasteiger partial charge in [0.25, 0.3) is 0 Å². The lowest BCUT2D eigenvalue weighted by molar-refractivity contribution is -0.148. The zero-order valence-corrected chi connectivity index (χ0v) is 4.37. The van der Waals surface area contributed by atoms with Gasteiger partial charge in [0.05, 0.1) is 0 Å². The summed E-state index contributed by atoms with van der Waals surface area (Å²) in [7, 11) is 0. The first-order chi connectivity index (χ1) is 3.72. The average Bonchev–Trinajstić information content (AvgIpc) is 1.61. The van der Waals surface area contributed by atoms with Crippen molar-refractivity contribution in [3.05, 3.63) is 0 Å². The van der Waals surface area contributed by atoms with Crippen LogP contribution in [0.15, 0.2) is 0 Å². The number of carbonyl (C=O) groups is 1. The van der Waals surface area contributed by atoms with E-state index in [9.17, 15) is 4.79 Å². The van der Waals surface area contributed by atoms with E-state index in [0.717, 1.165) is 0 Å². The standard InChI is InChI=1S/C4H8N2O2/c5-6-2-1-3(6)4(7)8/h3H,1-2,5H2,(H,7,8)/t3-/m0/s1. The molecule has 4 heteroatoms. The van der Waals surface area contributed by atoms with Gasteiger partial charge in [0.2, 0.25) is 0 Å². The second kappa shape index (κ2) is 1.72. The van der Waals surface area contributed by atoms with Crippen LogP contribution in [0.1, 0.15) is 6.42 Å². The van der Waals surface area contributed by atoms with Crippen LogP contribution >= 0.6 is 0 Å². The normalized spacial score (nSPS) is 29.4. The van der Waals surface area contributed by atoms with Crippen molar-refractivity contribution in [1.82, 2.24) is 5.01 Å². The van der Waals surface area contributed by atoms with Gasteiger partial charge in [-0.25, -0.2) is 5.01 Å². The Kier molecular flexibility index (Phi) is 1.19. The molecule has 0 bridgehead atoms. The van der Waals surface area contributed by atoms with Crippen molar-refractivity contribution in [2.45, 2.75) is 12.5 Å². The summed E-state index contributed by atoms with van der Waals surface area (Å²) in [5.74, 6) is 4.36. The van der Waals surface area contributed by atoms with Crippen LogP contribution in [-0.2, 0) is 4.79 Å². The third-order valence-electron chi connectivity index (χ3n) is 1.35. The summed E-state index contributed by atoms with van der Waals surface area (Å²) in [5, 5.41) is 9.60. The summed E-state index contributed by atoms with van der Waals surface area (Å²) in [5.41, 5.74) is 0. The molecule has 0 aromatic rings. The molecule has 0 amide bonds. The van der Waals surface area contributed by atoms with Gasteiger partial charge in [0.1, 0.15) is 6.04 Å². The van der Waals surface area contributed by atoms with Crippen LogP contribution < -0.4 is 5.84 Å². The largest absolute Gasteiger partial charge is 0.480 e. The molecule has 1 atom stereocenters. The summed E-state index contributed by atoms with van der Waals surface area (Å²) in [4.78, 5) is 10.1. The van der Waals surface area contributed by atoms with Crippen molar-refractivity contribution >= 4 is 5.97 Å². The van der Waals surface area contributed by atoms with Crippen LogP contribution in [-0.4, -0.2) is 28.7 Å². The third kappa shape index (κ3) is 0.677. The number of hydrogen-bond donors (Lipinski definition) is 2. The van der Waals surface area contributed by atoms with E-state index >= 15 is 0 Å². The Morgan fingerprint density at radius 3 is 2.50 bits per heavy atom. The van der Waals surface area contributed by atoms with Gasteiger partial charge < -0.3 is 5.11 Å². The van der Waals surface area contributed by atoms with Gasteiger partial charge >= 0.3 is 5.97 Å². The monoisotopic (exact) mass is 116 g/mol. The Morgan fingerprint density at radius 1 is 1.88 bits per heavy atom. The first-order valence-corrected chi connectivity index (χ1v) is 2.46. The van der Waals surface area contributed by atoms with Crippen molar-refractivity contribution < 1.29 is 9.90 Å². The fraction of sp³-hybridized carbons (Fsp3) is 0.750. The second-order valence-corrected chi connectivity index (χ2v) is 1.88. The van der Waals surface area contributed by atoms with Crippen molar-refractivity contribution in [3.8, 4) is 0 Å². The molecule has 0 unspecified atom stereocenters. The lowest BCUT2D eigenvalue weighted by Crippen LogP contribution is -2.56. The Morgan fingerprint density at radius 2 is 2.50 bits per heavy atom. The highest BCUT2D eigenvalue weighted by Gasteiger charge is 2.31. The first kappa shape index (κ1) is 5.53. The maximum Gasteiger partial charge on any atom is 0.322 e. The summed E-state index contributed by atoms with van der Waals surface area (Å²) in [6, 6.07) is -0.421. The number of aliphatic carboxylic acids is 1. The molecule has 1 aliphatic heterocycles. The lowest BCUT2D eigenvalue weighted by atomic mass is 10.1. The number of carboxylic acid groups (broad SMARTS) is 1. The van der Waals surface area contributed by atoms with E-state index in [2.05, 4.69) is 0 Å². The van der Waals surface area contributed by atoms with E-state index < -0.39 is 12.0 Å². The minimum Gasteiger partial charge on any atom is -0.480 e. The van der Waals surface area contributed by atoms with Gasteiger partial charge in [-0.15, -0.1) is 0 Å². The zero-order valence-electron chi connectivity index (χ0n) is 4.37. The second-order valence-electron chi connectivity index (χ2n) is 1.88. The van der Waals surface area contributed by atoms with Crippen LogP contribution in [0, 0.1) is 0 Å². The van der Waals surface area contributed by atoms with Crippen molar-refractivity contribution in [2.75, 3.05) is 6.54 Å². The van der Waals surface area contributed by atoms with Gasteiger partial charge in [-0.1, -0.05) is 0 Å². The minimum atomic E-state index is -0.821. The molecule has 0 aromatic heterocycles. The molecule has 8 heavy (non-hydrogen) atoms. The van der Waals surface area contributed by atoms with Crippen LogP contribution in [0.3, 0.4) is 0 Å². The molecule has 1 saturated heterocycles. The topological polar surface area (TPSA) is 66.6 Å². The molecule has 1 aliphatic rings. The minimum absolute atomic E-state index is 0.421. The fourth-order valence-electron chi connectivity index (χ4n) is 0.673. The Balaban J connectivity index is 2.37. The molecule has 0 saturated carbocycles. The number of nitrogens with zero attached hydrogens (tertiary/aromatic N) is 1. The highest BCUT2D eigenvalue weighted by atomic mass is 16.4. The number of rotatable bonds is 1. The predicted octanol–water partition coefficient (Wildman–Crippen LogP) is -0.981. The molecular weight excluding hydrogens is 108 g/mol. The summed E-state index contributed by atoms with van der Waals surface area (Å²) in [6.45, 7) is 0.705. The summed E-state index contributed by atoms with van der Waals surface area (Å²) in [6.07, 6.45) is 0.686. The molecule has 1 heterocycles. The molecule has 1 fully saturated rings. The molecule has 0 spiro atoms. The van der Waals surface area contributed by atoms with Gasteiger partial charge in [-0.3, -0.25) is 10.6 Å². The highest BCUT2D eigenvalue weighted by Crippen LogP contribution is 2.10. The van der Waals surface area contributed by atoms with Crippen LogP contribution in [0.2, 0.25) is 0 Å². The van der Waals surface area contributed by atoms with E-state index in [1.54, 1.807) is 0 Å². The van der Waals surface area contributed by atoms with E-state index in [1.165, 1.54) is 5.01 Å². The fourth-order valence-corrected chi connectivity index (χ4v) is 0.673. The lowest BCUT2D eigenvalue weighted by Gasteiger charge is -2.33. The molecular formula is C4H8N2O2. The number of carboxylic acids is 1. The highest BCUT2D eigenvalue weighted by molar-refractivity contribution is 5.74. The average molecular weight is 116 g/mol. The summed E-state index contributed by atoms with van der Waals surface area (Å²) < 4.78 is 0. The molecule has 3 N–H and O–H groups in total. The maximum atomic E-state index is 10.1. The molecule has 1 rings (SSSR count). The molecule has 0 aromatic carbocycles. The Labute approximate surface area is 46.9 Å². The zero-order chi connectivity index (χ0) is 6.15. The van der Waals surface area contributed by atoms with Crippen molar-refractivity contribution in [1.29, 1.82) is 0 Å². The molecule has 0 aliphatic carbocycles. The third-order valence-corrected chi connectivity index (χ3v) is 1.35. The molecule has 4 nitrogen and oxygen atoms in total. The van der Waals surface area contributed by atoms with Gasteiger partial charge in [0, 0.05) is 6.54 Å². The van der Waals surface area contributed by atoms with E-state index in [1.807, 2.05) is 0 Å². The summed E-state index contributed by atoms with van der Waals surface area (Å²) >= 11 is 0. The van der Waals surface area contributed by atoms with E-state index in [0.29, 0.717) is 13.0 Å². The smallest absolute Gasteiger partial charge is 0.322 e. The maximum absolute atomic E-state index is 10.1. The SMILES string of the molecule is NN1CC[C@H]1C(=O)O. The number of hydrogen-bond acceptors (Lipinski definition) is 3. The van der Waals surface area contributed by atoms with E-state index in [4.69, 9.17) is 10.9 Å². The van der Waals surface area contributed by atoms with Crippen LogP contribution in [0.25, 0.3) is 0 Å². The van der Waals surface area contributed by atoms with E-state index in [-0.39, 0.29) is 0 Å².